The predicted octanol–water partition coefficient (Wildman–Crippen LogP) is 1.61. The molecule has 1 aromatic heterocycles. The molecule has 0 saturated carbocycles. The van der Waals surface area contributed by atoms with Gasteiger partial charge in [0.2, 0.25) is 0 Å². The summed E-state index contributed by atoms with van der Waals surface area (Å²) in [6, 6.07) is 7.48. The molecule has 0 atom stereocenters. The highest BCUT2D eigenvalue weighted by molar-refractivity contribution is 5.69. The van der Waals surface area contributed by atoms with Gasteiger partial charge in [-0.15, -0.1) is 5.10 Å². The van der Waals surface area contributed by atoms with Crippen molar-refractivity contribution in [2.75, 3.05) is 26.2 Å². The molecule has 1 heterocycles. The maximum Gasteiger partial charge on any atom is 0.309 e. The maximum atomic E-state index is 10.7. The number of likely N-dealkylation sites (N-methyl/N-ethyl adjacent to an activating group) is 1. The van der Waals surface area contributed by atoms with Gasteiger partial charge >= 0.3 is 5.97 Å². The van der Waals surface area contributed by atoms with Crippen LogP contribution in [0.3, 0.4) is 0 Å². The molecular formula is C16H22N4O3. The molecule has 0 unspecified atom stereocenters. The van der Waals surface area contributed by atoms with E-state index in [1.807, 2.05) is 24.3 Å². The predicted molar refractivity (Wildman–Crippen MR) is 86.0 cm³/mol. The van der Waals surface area contributed by atoms with Crippen LogP contribution in [0.4, 0.5) is 0 Å². The van der Waals surface area contributed by atoms with E-state index in [2.05, 4.69) is 29.1 Å². The Hall–Kier alpha value is -2.41. The largest absolute Gasteiger partial charge is 0.492 e. The molecule has 0 aliphatic carbocycles. The fraction of sp³-hybridized carbons (Fsp3) is 0.438. The molecular weight excluding hydrogens is 296 g/mol. The molecule has 2 rings (SSSR count). The Morgan fingerprint density at radius 3 is 2.57 bits per heavy atom. The van der Waals surface area contributed by atoms with Crippen molar-refractivity contribution in [2.45, 2.75) is 20.3 Å². The quantitative estimate of drug-likeness (QED) is 0.756. The van der Waals surface area contributed by atoms with E-state index >= 15 is 0 Å². The highest BCUT2D eigenvalue weighted by Gasteiger charge is 2.07. The molecule has 2 aromatic rings. The SMILES string of the molecule is CCN(CC)CCOc1ccc(-n2cc(CC(=O)O)nn2)cc1. The summed E-state index contributed by atoms with van der Waals surface area (Å²) in [4.78, 5) is 13.0. The van der Waals surface area contributed by atoms with Crippen LogP contribution in [0, 0.1) is 0 Å². The van der Waals surface area contributed by atoms with Crippen LogP contribution in [0.25, 0.3) is 5.69 Å². The van der Waals surface area contributed by atoms with Gasteiger partial charge in [0, 0.05) is 6.54 Å². The molecule has 0 fully saturated rings. The average molecular weight is 318 g/mol. The Balaban J connectivity index is 1.91. The third-order valence-corrected chi connectivity index (χ3v) is 3.55. The monoisotopic (exact) mass is 318 g/mol. The number of carboxylic acid groups (broad SMARTS) is 1. The number of benzene rings is 1. The first-order valence-corrected chi connectivity index (χ1v) is 7.71. The van der Waals surface area contributed by atoms with E-state index < -0.39 is 5.97 Å². The lowest BCUT2D eigenvalue weighted by atomic mass is 10.3. The van der Waals surface area contributed by atoms with Crippen molar-refractivity contribution >= 4 is 5.97 Å². The molecule has 0 aliphatic rings. The number of carboxylic acids is 1. The molecule has 0 saturated heterocycles. The second-order valence-electron chi connectivity index (χ2n) is 5.09. The number of carbonyl (C=O) groups is 1. The minimum atomic E-state index is -0.922. The molecule has 0 radical (unpaired) electrons. The van der Waals surface area contributed by atoms with E-state index in [4.69, 9.17) is 9.84 Å². The lowest BCUT2D eigenvalue weighted by Crippen LogP contribution is -2.27. The number of aliphatic carboxylic acids is 1. The van der Waals surface area contributed by atoms with E-state index in [0.717, 1.165) is 31.1 Å². The molecule has 7 nitrogen and oxygen atoms in total. The van der Waals surface area contributed by atoms with Gasteiger partial charge in [0.25, 0.3) is 0 Å². The first kappa shape index (κ1) is 17.0. The lowest BCUT2D eigenvalue weighted by molar-refractivity contribution is -0.136. The van der Waals surface area contributed by atoms with Gasteiger partial charge in [-0.25, -0.2) is 4.68 Å². The number of ether oxygens (including phenoxy) is 1. The highest BCUT2D eigenvalue weighted by atomic mass is 16.5. The van der Waals surface area contributed by atoms with Crippen LogP contribution in [0.1, 0.15) is 19.5 Å². The second-order valence-corrected chi connectivity index (χ2v) is 5.09. The number of hydrogen-bond donors (Lipinski definition) is 1. The molecule has 7 heteroatoms. The van der Waals surface area contributed by atoms with Crippen LogP contribution in [0.5, 0.6) is 5.75 Å². The van der Waals surface area contributed by atoms with E-state index in [-0.39, 0.29) is 6.42 Å². The number of rotatable bonds is 9. The fourth-order valence-electron chi connectivity index (χ4n) is 2.19. The maximum absolute atomic E-state index is 10.7. The number of nitrogens with zero attached hydrogens (tertiary/aromatic N) is 4. The molecule has 0 bridgehead atoms. The zero-order valence-electron chi connectivity index (χ0n) is 13.5. The van der Waals surface area contributed by atoms with Crippen molar-refractivity contribution in [3.8, 4) is 11.4 Å². The second kappa shape index (κ2) is 8.28. The smallest absolute Gasteiger partial charge is 0.309 e. The molecule has 23 heavy (non-hydrogen) atoms. The van der Waals surface area contributed by atoms with Crippen molar-refractivity contribution < 1.29 is 14.6 Å². The van der Waals surface area contributed by atoms with Crippen molar-refractivity contribution in [3.05, 3.63) is 36.2 Å². The fourth-order valence-corrected chi connectivity index (χ4v) is 2.19. The summed E-state index contributed by atoms with van der Waals surface area (Å²) in [5.41, 5.74) is 1.24. The van der Waals surface area contributed by atoms with Gasteiger partial charge in [0.1, 0.15) is 12.4 Å². The normalized spacial score (nSPS) is 10.9. The van der Waals surface area contributed by atoms with Gasteiger partial charge in [-0.3, -0.25) is 4.79 Å². The summed E-state index contributed by atoms with van der Waals surface area (Å²) in [6.45, 7) is 7.85. The summed E-state index contributed by atoms with van der Waals surface area (Å²) in [5.74, 6) is -0.124. The Labute approximate surface area is 135 Å². The van der Waals surface area contributed by atoms with E-state index in [0.29, 0.717) is 12.3 Å². The summed E-state index contributed by atoms with van der Waals surface area (Å²) < 4.78 is 7.28. The van der Waals surface area contributed by atoms with E-state index in [1.54, 1.807) is 10.9 Å². The van der Waals surface area contributed by atoms with Gasteiger partial charge in [-0.2, -0.15) is 0 Å². The van der Waals surface area contributed by atoms with Crippen LogP contribution >= 0.6 is 0 Å². The first-order chi connectivity index (χ1) is 11.1. The van der Waals surface area contributed by atoms with Crippen LogP contribution < -0.4 is 4.74 Å². The first-order valence-electron chi connectivity index (χ1n) is 7.71. The van der Waals surface area contributed by atoms with Crippen molar-refractivity contribution in [2.24, 2.45) is 0 Å². The molecule has 124 valence electrons. The Morgan fingerprint density at radius 2 is 1.96 bits per heavy atom. The van der Waals surface area contributed by atoms with Gasteiger partial charge in [-0.1, -0.05) is 19.1 Å². The average Bonchev–Trinajstić information content (AvgIpc) is 3.00. The summed E-state index contributed by atoms with van der Waals surface area (Å²) in [6.07, 6.45) is 1.48. The Morgan fingerprint density at radius 1 is 1.26 bits per heavy atom. The number of aromatic nitrogens is 3. The number of hydrogen-bond acceptors (Lipinski definition) is 5. The standard InChI is InChI=1S/C16H22N4O3/c1-3-19(4-2)9-10-23-15-7-5-14(6-8-15)20-12-13(17-18-20)11-16(21)22/h5-8,12H,3-4,9-11H2,1-2H3,(H,21,22). The zero-order chi connectivity index (χ0) is 16.7. The Kier molecular flexibility index (Phi) is 6.10. The van der Waals surface area contributed by atoms with E-state index in [9.17, 15) is 4.79 Å². The molecule has 1 aromatic carbocycles. The molecule has 0 amide bonds. The zero-order valence-corrected chi connectivity index (χ0v) is 13.5. The third-order valence-electron chi connectivity index (χ3n) is 3.55. The molecule has 0 spiro atoms. The summed E-state index contributed by atoms with van der Waals surface area (Å²) >= 11 is 0. The highest BCUT2D eigenvalue weighted by Crippen LogP contribution is 2.15. The van der Waals surface area contributed by atoms with Crippen LogP contribution in [0.2, 0.25) is 0 Å². The minimum Gasteiger partial charge on any atom is -0.492 e. The van der Waals surface area contributed by atoms with Crippen molar-refractivity contribution in [3.63, 3.8) is 0 Å². The van der Waals surface area contributed by atoms with Crippen LogP contribution in [-0.4, -0.2) is 57.2 Å². The van der Waals surface area contributed by atoms with Crippen molar-refractivity contribution in [1.29, 1.82) is 0 Å². The molecule has 0 aliphatic heterocycles. The van der Waals surface area contributed by atoms with Gasteiger partial charge < -0.3 is 14.7 Å². The topological polar surface area (TPSA) is 80.5 Å². The summed E-state index contributed by atoms with van der Waals surface area (Å²) in [7, 11) is 0. The van der Waals surface area contributed by atoms with Gasteiger partial charge in [0.15, 0.2) is 0 Å². The van der Waals surface area contributed by atoms with Gasteiger partial charge in [-0.05, 0) is 37.4 Å². The third kappa shape index (κ3) is 5.07. The van der Waals surface area contributed by atoms with E-state index in [1.165, 1.54) is 0 Å². The molecule has 1 N–H and O–H groups in total. The van der Waals surface area contributed by atoms with Crippen molar-refractivity contribution in [1.82, 2.24) is 19.9 Å². The van der Waals surface area contributed by atoms with Crippen LogP contribution in [-0.2, 0) is 11.2 Å². The minimum absolute atomic E-state index is 0.132. The Bertz CT molecular complexity index is 621. The lowest BCUT2D eigenvalue weighted by Gasteiger charge is -2.18. The summed E-state index contributed by atoms with van der Waals surface area (Å²) in [5, 5.41) is 16.5. The van der Waals surface area contributed by atoms with Gasteiger partial charge in [0.05, 0.1) is 24.0 Å². The van der Waals surface area contributed by atoms with Crippen LogP contribution in [0.15, 0.2) is 30.5 Å².